The van der Waals surface area contributed by atoms with E-state index < -0.39 is 0 Å². The summed E-state index contributed by atoms with van der Waals surface area (Å²) in [6.07, 6.45) is 26.1. The maximum atomic E-state index is 11.5. The predicted octanol–water partition coefficient (Wildman–Crippen LogP) is 9.03. The number of piperidine rings is 6. The van der Waals surface area contributed by atoms with Crippen LogP contribution in [0.5, 0.6) is 0 Å². The first-order chi connectivity index (χ1) is 40.3. The zero-order chi connectivity index (χ0) is 57.8. The minimum atomic E-state index is 0.112. The zero-order valence-corrected chi connectivity index (χ0v) is 50.1. The van der Waals surface area contributed by atoms with Crippen LogP contribution in [-0.4, -0.2) is 151 Å². The molecule has 15 nitrogen and oxygen atoms in total. The third-order valence-corrected chi connectivity index (χ3v) is 20.5. The van der Waals surface area contributed by atoms with E-state index in [1.54, 1.807) is 13.8 Å². The highest BCUT2D eigenvalue weighted by atomic mass is 16.4. The lowest BCUT2D eigenvalue weighted by Crippen LogP contribution is -2.49. The molecule has 12 heterocycles. The van der Waals surface area contributed by atoms with E-state index in [4.69, 9.17) is 5.21 Å². The smallest absolute Gasteiger partial charge is 0.217 e. The highest BCUT2D eigenvalue weighted by Crippen LogP contribution is 2.39. The van der Waals surface area contributed by atoms with Gasteiger partial charge in [-0.05, 0) is 126 Å². The van der Waals surface area contributed by atoms with Gasteiger partial charge in [-0.3, -0.25) is 43.6 Å². The summed E-state index contributed by atoms with van der Waals surface area (Å²) in [6, 6.07) is 39.8. The van der Waals surface area contributed by atoms with E-state index >= 15 is 0 Å². The Bertz CT molecular complexity index is 2550. The molecule has 5 N–H and O–H groups in total. The fourth-order valence-electron chi connectivity index (χ4n) is 16.6. The molecule has 12 bridgehead atoms. The van der Waals surface area contributed by atoms with Crippen molar-refractivity contribution < 1.29 is 29.2 Å². The molecular weight excluding hydrogens is 1040 g/mol. The Morgan fingerprint density at radius 3 is 1.14 bits per heavy atom. The molecule has 0 spiro atoms. The number of fused-ring (bicyclic) bond motifs is 12. The molecule has 3 aromatic carbocycles. The van der Waals surface area contributed by atoms with Crippen molar-refractivity contribution in [1.82, 2.24) is 40.9 Å². The molecule has 3 aromatic rings. The summed E-state index contributed by atoms with van der Waals surface area (Å²) in [5.74, 6) is 1.63. The summed E-state index contributed by atoms with van der Waals surface area (Å²) in [5.41, 5.74) is 5.14. The zero-order valence-electron chi connectivity index (χ0n) is 50.1. The van der Waals surface area contributed by atoms with E-state index in [0.29, 0.717) is 102 Å². The molecule has 12 unspecified atom stereocenters. The molecule has 12 aliphatic rings. The minimum Gasteiger partial charge on any atom is -0.411 e. The average Bonchev–Trinajstić information content (AvgIpc) is 4.44. The van der Waals surface area contributed by atoms with Crippen molar-refractivity contribution in [3.05, 3.63) is 108 Å². The van der Waals surface area contributed by atoms with Crippen LogP contribution in [0.2, 0.25) is 0 Å². The number of nitrogens with one attached hydrogen (secondary N) is 4. The van der Waals surface area contributed by atoms with Crippen molar-refractivity contribution in [2.24, 2.45) is 5.16 Å². The van der Waals surface area contributed by atoms with E-state index in [0.717, 1.165) is 102 Å². The first kappa shape index (κ1) is 60.9. The number of oxime groups is 1. The second kappa shape index (κ2) is 29.3. The SMILES string of the molecule is CC(=O)NC1CC2CCC(C1)N2.CC(=O)NC1CC2CCC(C1)N2Cc1ccccc1.CN1C2CCC1CC(=O)C2.O=C1CC2CCC(C1)N2.O=C1CC2CCC(C1)N2Cc1ccccc1.ON=C1CC2CCC(C1)N2Cc1ccccc1. The number of carbonyl (C=O) groups excluding carboxylic acids is 5. The van der Waals surface area contributed by atoms with E-state index in [2.05, 4.69) is 144 Å². The molecule has 450 valence electrons. The molecule has 12 atom stereocenters. The standard InChI is InChI=1S/C16H22N2O.C14H18N2O.C14H17NO.C9H16N2O.C8H13NO.C7H11NO/c1-12(19)17-14-9-15-7-8-16(10-14)18(15)11-13-5-3-2-4-6-13;17-15-12-8-13-6-7-14(9-12)16(13)10-11-4-2-1-3-5-11;16-14-8-12-6-7-13(9-14)15(12)10-11-4-2-1-3-5-11;1-6(12)10-9-4-7-2-3-8(5-9)11-7;1-9-6-2-3-7(9)5-8(10)4-6;9-7-3-5-1-2-6(4-7)8-5/h2-6,14-16H,7-11H2,1H3,(H,17,19);1-5,13-14,17H,6-10H2;1-5,12-13H,6-10H2;7-9,11H,2-5H2,1H3,(H,10,12);6-7H,2-5H2,1H3;5-6,8H,1-4H2. The topological polar surface area (TPSA) is 179 Å². The first-order valence-electron chi connectivity index (χ1n) is 32.2. The van der Waals surface area contributed by atoms with Crippen molar-refractivity contribution >= 4 is 34.9 Å². The van der Waals surface area contributed by atoms with Gasteiger partial charge in [0.2, 0.25) is 11.8 Å². The van der Waals surface area contributed by atoms with Crippen LogP contribution in [0.4, 0.5) is 0 Å². The number of carbonyl (C=O) groups is 5. The number of benzene rings is 3. The van der Waals surface area contributed by atoms with Crippen LogP contribution in [0.3, 0.4) is 0 Å². The Labute approximate surface area is 494 Å². The molecule has 15 heteroatoms. The Morgan fingerprint density at radius 1 is 0.434 bits per heavy atom. The molecule has 12 saturated heterocycles. The van der Waals surface area contributed by atoms with Crippen LogP contribution in [-0.2, 0) is 43.6 Å². The fourth-order valence-corrected chi connectivity index (χ4v) is 16.6. The van der Waals surface area contributed by atoms with Gasteiger partial charge in [0.15, 0.2) is 0 Å². The maximum Gasteiger partial charge on any atom is 0.217 e. The average molecular weight is 1140 g/mol. The van der Waals surface area contributed by atoms with E-state index in [1.165, 1.54) is 93.7 Å². The number of hydrogen-bond donors (Lipinski definition) is 5. The van der Waals surface area contributed by atoms with Crippen molar-refractivity contribution in [3.8, 4) is 0 Å². The van der Waals surface area contributed by atoms with Crippen LogP contribution in [0.15, 0.2) is 96.2 Å². The van der Waals surface area contributed by atoms with Crippen molar-refractivity contribution in [2.75, 3.05) is 7.05 Å². The number of nitrogens with zero attached hydrogens (tertiary/aromatic N) is 5. The normalized spacial score (nSPS) is 33.6. The Hall–Kier alpha value is -5.16. The molecule has 83 heavy (non-hydrogen) atoms. The highest BCUT2D eigenvalue weighted by Gasteiger charge is 2.43. The van der Waals surface area contributed by atoms with Gasteiger partial charge < -0.3 is 26.5 Å². The third-order valence-electron chi connectivity index (χ3n) is 20.5. The van der Waals surface area contributed by atoms with Gasteiger partial charge in [-0.25, -0.2) is 0 Å². The van der Waals surface area contributed by atoms with Gasteiger partial charge in [-0.1, -0.05) is 96.2 Å². The summed E-state index contributed by atoms with van der Waals surface area (Å²) < 4.78 is 0. The quantitative estimate of drug-likeness (QED) is 0.107. The molecule has 12 aliphatic heterocycles. The van der Waals surface area contributed by atoms with Gasteiger partial charge in [0.05, 0.1) is 5.71 Å². The van der Waals surface area contributed by atoms with Gasteiger partial charge in [-0.15, -0.1) is 0 Å². The minimum absolute atomic E-state index is 0.112. The van der Waals surface area contributed by atoms with Gasteiger partial charge >= 0.3 is 0 Å². The maximum absolute atomic E-state index is 11.5. The van der Waals surface area contributed by atoms with Gasteiger partial charge in [0.25, 0.3) is 0 Å². The van der Waals surface area contributed by atoms with Gasteiger partial charge in [-0.2, -0.15) is 0 Å². The molecule has 0 aliphatic carbocycles. The van der Waals surface area contributed by atoms with Crippen LogP contribution in [0, 0.1) is 0 Å². The summed E-state index contributed by atoms with van der Waals surface area (Å²) in [7, 11) is 2.15. The Kier molecular flexibility index (Phi) is 21.5. The van der Waals surface area contributed by atoms with Gasteiger partial charge in [0, 0.05) is 169 Å². The molecule has 0 saturated carbocycles. The number of Topliss-reactive ketones (excluding diaryl/α,β-unsaturated/α-hetero) is 3. The van der Waals surface area contributed by atoms with Gasteiger partial charge in [0.1, 0.15) is 17.3 Å². The molecule has 12 fully saturated rings. The number of hydrogen-bond acceptors (Lipinski definition) is 13. The predicted molar refractivity (Wildman–Crippen MR) is 326 cm³/mol. The second-order valence-electron chi connectivity index (χ2n) is 26.6. The monoisotopic (exact) mass is 1140 g/mol. The Morgan fingerprint density at radius 2 is 0.747 bits per heavy atom. The third kappa shape index (κ3) is 17.1. The summed E-state index contributed by atoms with van der Waals surface area (Å²) in [5, 5.41) is 25.4. The van der Waals surface area contributed by atoms with Crippen molar-refractivity contribution in [2.45, 2.75) is 272 Å². The van der Waals surface area contributed by atoms with E-state index in [1.807, 2.05) is 0 Å². The number of rotatable bonds is 8. The van der Waals surface area contributed by atoms with Crippen molar-refractivity contribution in [1.29, 1.82) is 0 Å². The first-order valence-corrected chi connectivity index (χ1v) is 32.2. The molecule has 0 radical (unpaired) electrons. The molecule has 15 rings (SSSR count). The summed E-state index contributed by atoms with van der Waals surface area (Å²) in [6.45, 7) is 6.34. The largest absolute Gasteiger partial charge is 0.411 e. The fraction of sp³-hybridized carbons (Fsp3) is 0.647. The Balaban J connectivity index is 0.000000113. The lowest BCUT2D eigenvalue weighted by Gasteiger charge is -2.39. The summed E-state index contributed by atoms with van der Waals surface area (Å²) in [4.78, 5) is 65.6. The van der Waals surface area contributed by atoms with Crippen LogP contribution >= 0.6 is 0 Å². The van der Waals surface area contributed by atoms with Crippen LogP contribution in [0.25, 0.3) is 0 Å². The van der Waals surface area contributed by atoms with Crippen LogP contribution < -0.4 is 21.3 Å². The number of ketones is 3. The molecule has 2 amide bonds. The van der Waals surface area contributed by atoms with E-state index in [-0.39, 0.29) is 11.8 Å². The molecular formula is C68H97N9O6. The van der Waals surface area contributed by atoms with Crippen LogP contribution in [0.1, 0.15) is 185 Å². The molecule has 0 aromatic heterocycles. The van der Waals surface area contributed by atoms with Crippen molar-refractivity contribution in [3.63, 3.8) is 0 Å². The second-order valence-corrected chi connectivity index (χ2v) is 26.6. The number of amides is 2. The lowest BCUT2D eigenvalue weighted by atomic mass is 9.96. The lowest BCUT2D eigenvalue weighted by molar-refractivity contribution is -0.124. The van der Waals surface area contributed by atoms with E-state index in [9.17, 15) is 24.0 Å². The summed E-state index contributed by atoms with van der Waals surface area (Å²) >= 11 is 0. The highest BCUT2D eigenvalue weighted by molar-refractivity contribution is 5.86.